The van der Waals surface area contributed by atoms with E-state index in [-0.39, 0.29) is 10.6 Å². The molecule has 0 aromatic heterocycles. The number of fused-ring (bicyclic) bond motifs is 1. The molecule has 0 aliphatic carbocycles. The van der Waals surface area contributed by atoms with Crippen LogP contribution in [0.5, 0.6) is 0 Å². The van der Waals surface area contributed by atoms with Gasteiger partial charge in [-0.3, -0.25) is 0 Å². The first-order valence-electron chi connectivity index (χ1n) is 4.04. The number of hydrogen-bond acceptors (Lipinski definition) is 3. The molecule has 2 amide bonds. The molecule has 0 bridgehead atoms. The van der Waals surface area contributed by atoms with Crippen molar-refractivity contribution in [1.29, 1.82) is 0 Å². The summed E-state index contributed by atoms with van der Waals surface area (Å²) in [5.41, 5.74) is 0.839. The van der Waals surface area contributed by atoms with Gasteiger partial charge in [0.05, 0.1) is 5.69 Å². The third-order valence-electron chi connectivity index (χ3n) is 2.03. The summed E-state index contributed by atoms with van der Waals surface area (Å²) in [6.45, 7) is 1.69. The van der Waals surface area contributed by atoms with E-state index >= 15 is 0 Å². The van der Waals surface area contributed by atoms with Gasteiger partial charge in [-0.2, -0.15) is 0 Å². The molecule has 15 heavy (non-hydrogen) atoms. The van der Waals surface area contributed by atoms with Crippen LogP contribution < -0.4 is 10.0 Å². The van der Waals surface area contributed by atoms with E-state index in [9.17, 15) is 13.2 Å². The molecule has 1 aliphatic rings. The predicted molar refractivity (Wildman–Crippen MR) is 55.5 cm³/mol. The summed E-state index contributed by atoms with van der Waals surface area (Å²) in [6, 6.07) is 2.06. The van der Waals surface area contributed by atoms with Crippen LogP contribution in [-0.4, -0.2) is 14.4 Å². The molecule has 0 saturated carbocycles. The van der Waals surface area contributed by atoms with E-state index in [1.807, 2.05) is 4.72 Å². The third kappa shape index (κ3) is 1.66. The molecular formula is C8H7ClN2O3S. The molecule has 5 nitrogen and oxygen atoms in total. The zero-order valence-corrected chi connectivity index (χ0v) is 9.24. The van der Waals surface area contributed by atoms with Gasteiger partial charge in [0.2, 0.25) is 0 Å². The number of benzene rings is 1. The topological polar surface area (TPSA) is 75.3 Å². The number of amides is 2. The molecule has 2 rings (SSSR count). The highest BCUT2D eigenvalue weighted by molar-refractivity contribution is 7.90. The molecule has 1 aromatic carbocycles. The maximum atomic E-state index is 11.5. The second kappa shape index (κ2) is 3.11. The van der Waals surface area contributed by atoms with Crippen molar-refractivity contribution >= 4 is 33.3 Å². The summed E-state index contributed by atoms with van der Waals surface area (Å²) in [5, 5.41) is 2.78. The minimum absolute atomic E-state index is 0.0315. The second-order valence-corrected chi connectivity index (χ2v) is 5.22. The average molecular weight is 247 g/mol. The van der Waals surface area contributed by atoms with Gasteiger partial charge < -0.3 is 5.32 Å². The van der Waals surface area contributed by atoms with Gasteiger partial charge in [0.15, 0.2) is 0 Å². The van der Waals surface area contributed by atoms with E-state index in [0.717, 1.165) is 0 Å². The van der Waals surface area contributed by atoms with Crippen molar-refractivity contribution in [2.24, 2.45) is 0 Å². The van der Waals surface area contributed by atoms with Gasteiger partial charge in [0.25, 0.3) is 10.0 Å². The number of halogens is 1. The third-order valence-corrected chi connectivity index (χ3v) is 3.80. The lowest BCUT2D eigenvalue weighted by molar-refractivity contribution is 0.256. The van der Waals surface area contributed by atoms with E-state index < -0.39 is 16.1 Å². The molecule has 7 heteroatoms. The Hall–Kier alpha value is -1.27. The minimum Gasteiger partial charge on any atom is -0.306 e. The summed E-state index contributed by atoms with van der Waals surface area (Å²) in [6.07, 6.45) is 0. The molecule has 1 aliphatic heterocycles. The van der Waals surface area contributed by atoms with Crippen LogP contribution in [-0.2, 0) is 10.0 Å². The van der Waals surface area contributed by atoms with E-state index in [4.69, 9.17) is 11.6 Å². The normalized spacial score (nSPS) is 17.6. The van der Waals surface area contributed by atoms with Crippen LogP contribution in [0.3, 0.4) is 0 Å². The number of sulfonamides is 1. The monoisotopic (exact) mass is 246 g/mol. The molecule has 0 radical (unpaired) electrons. The maximum absolute atomic E-state index is 11.5. The zero-order valence-electron chi connectivity index (χ0n) is 7.67. The Morgan fingerprint density at radius 3 is 2.67 bits per heavy atom. The van der Waals surface area contributed by atoms with E-state index in [2.05, 4.69) is 5.32 Å². The largest absolute Gasteiger partial charge is 0.333 e. The molecule has 2 N–H and O–H groups in total. The highest BCUT2D eigenvalue weighted by atomic mass is 35.5. The van der Waals surface area contributed by atoms with Crippen molar-refractivity contribution in [2.75, 3.05) is 5.32 Å². The second-order valence-electron chi connectivity index (χ2n) is 3.16. The molecular weight excluding hydrogens is 240 g/mol. The van der Waals surface area contributed by atoms with Crippen LogP contribution >= 0.6 is 11.6 Å². The van der Waals surface area contributed by atoms with Gasteiger partial charge in [-0.25, -0.2) is 17.9 Å². The fourth-order valence-electron chi connectivity index (χ4n) is 1.30. The Morgan fingerprint density at radius 1 is 1.33 bits per heavy atom. The molecule has 1 aromatic rings. The quantitative estimate of drug-likeness (QED) is 0.728. The Morgan fingerprint density at radius 2 is 2.00 bits per heavy atom. The number of carbonyl (C=O) groups excluding carboxylic acids is 1. The van der Waals surface area contributed by atoms with Gasteiger partial charge >= 0.3 is 6.03 Å². The number of anilines is 1. The van der Waals surface area contributed by atoms with Crippen molar-refractivity contribution in [1.82, 2.24) is 4.72 Å². The molecule has 0 fully saturated rings. The summed E-state index contributed by atoms with van der Waals surface area (Å²) < 4.78 is 24.9. The summed E-state index contributed by atoms with van der Waals surface area (Å²) >= 11 is 5.82. The smallest absolute Gasteiger partial charge is 0.306 e. The van der Waals surface area contributed by atoms with Gasteiger partial charge in [-0.1, -0.05) is 11.6 Å². The standard InChI is InChI=1S/C8H7ClN2O3S/c1-4-2-7-6(3-5(4)9)10-8(12)11-15(7,13)14/h2-3H,1H3,(H2,10,11,12). The van der Waals surface area contributed by atoms with Gasteiger partial charge in [0.1, 0.15) is 4.90 Å². The van der Waals surface area contributed by atoms with E-state index in [1.165, 1.54) is 12.1 Å². The first-order chi connectivity index (χ1) is 6.90. The molecule has 0 spiro atoms. The highest BCUT2D eigenvalue weighted by Crippen LogP contribution is 2.30. The van der Waals surface area contributed by atoms with Crippen LogP contribution in [0.25, 0.3) is 0 Å². The fraction of sp³-hybridized carbons (Fsp3) is 0.125. The fourth-order valence-corrected chi connectivity index (χ4v) is 2.60. The summed E-state index contributed by atoms with van der Waals surface area (Å²) in [7, 11) is -3.75. The Bertz CT molecular complexity index is 553. The lowest BCUT2D eigenvalue weighted by atomic mass is 10.2. The summed E-state index contributed by atoms with van der Waals surface area (Å²) in [4.78, 5) is 11.0. The van der Waals surface area contributed by atoms with Crippen LogP contribution in [0.2, 0.25) is 5.02 Å². The minimum atomic E-state index is -3.75. The SMILES string of the molecule is Cc1cc2c(cc1Cl)NC(=O)NS2(=O)=O. The maximum Gasteiger partial charge on any atom is 0.333 e. The predicted octanol–water partition coefficient (Wildman–Crippen LogP) is 1.47. The van der Waals surface area contributed by atoms with Crippen molar-refractivity contribution in [2.45, 2.75) is 11.8 Å². The van der Waals surface area contributed by atoms with Crippen molar-refractivity contribution in [3.63, 3.8) is 0 Å². The Balaban J connectivity index is 2.74. The lowest BCUT2D eigenvalue weighted by Gasteiger charge is -2.19. The van der Waals surface area contributed by atoms with Crippen LogP contribution in [0.1, 0.15) is 5.56 Å². The first-order valence-corrected chi connectivity index (χ1v) is 5.90. The lowest BCUT2D eigenvalue weighted by Crippen LogP contribution is -2.39. The van der Waals surface area contributed by atoms with Crippen LogP contribution in [0, 0.1) is 6.92 Å². The van der Waals surface area contributed by atoms with E-state index in [0.29, 0.717) is 10.6 Å². The number of aryl methyl sites for hydroxylation is 1. The molecule has 80 valence electrons. The highest BCUT2D eigenvalue weighted by Gasteiger charge is 2.28. The van der Waals surface area contributed by atoms with Crippen molar-refractivity contribution < 1.29 is 13.2 Å². The van der Waals surface area contributed by atoms with Crippen LogP contribution in [0.15, 0.2) is 17.0 Å². The van der Waals surface area contributed by atoms with Gasteiger partial charge in [0, 0.05) is 5.02 Å². The van der Waals surface area contributed by atoms with Crippen molar-refractivity contribution in [3.8, 4) is 0 Å². The number of urea groups is 1. The van der Waals surface area contributed by atoms with E-state index in [1.54, 1.807) is 6.92 Å². The Labute approximate surface area is 91.5 Å². The first kappa shape index (κ1) is 10.3. The number of hydrogen-bond donors (Lipinski definition) is 2. The molecule has 0 atom stereocenters. The zero-order chi connectivity index (χ0) is 11.2. The number of nitrogens with one attached hydrogen (secondary N) is 2. The Kier molecular flexibility index (Phi) is 2.13. The number of rotatable bonds is 0. The average Bonchev–Trinajstić information content (AvgIpc) is 2.07. The van der Waals surface area contributed by atoms with Crippen molar-refractivity contribution in [3.05, 3.63) is 22.7 Å². The summed E-state index contributed by atoms with van der Waals surface area (Å²) in [5.74, 6) is 0. The number of carbonyl (C=O) groups is 1. The molecule has 0 unspecified atom stereocenters. The molecule has 0 saturated heterocycles. The van der Waals surface area contributed by atoms with Crippen LogP contribution in [0.4, 0.5) is 10.5 Å². The van der Waals surface area contributed by atoms with Gasteiger partial charge in [-0.15, -0.1) is 0 Å². The molecule has 1 heterocycles. The van der Waals surface area contributed by atoms with Gasteiger partial charge in [-0.05, 0) is 24.6 Å².